The molecule has 140 valence electrons. The van der Waals surface area contributed by atoms with Crippen molar-refractivity contribution in [3.8, 4) is 5.75 Å². The summed E-state index contributed by atoms with van der Waals surface area (Å²) in [6.45, 7) is 4.91. The minimum atomic E-state index is -0.271. The molecule has 0 aromatic heterocycles. The Bertz CT molecular complexity index is 893. The molecule has 27 heavy (non-hydrogen) atoms. The number of benzene rings is 2. The molecule has 1 heterocycles. The Labute approximate surface area is 171 Å². The van der Waals surface area contributed by atoms with Crippen LogP contribution in [0.5, 0.6) is 5.75 Å². The van der Waals surface area contributed by atoms with E-state index in [1.54, 1.807) is 6.08 Å². The van der Waals surface area contributed by atoms with Gasteiger partial charge in [0.25, 0.3) is 11.1 Å². The number of carbonyl (C=O) groups excluding carboxylic acids is 2. The number of thioether (sulfide) groups is 1. The van der Waals surface area contributed by atoms with Crippen LogP contribution in [0.25, 0.3) is 6.08 Å². The van der Waals surface area contributed by atoms with Gasteiger partial charge in [0.05, 0.1) is 18.1 Å². The third kappa shape index (κ3) is 4.82. The highest BCUT2D eigenvalue weighted by Crippen LogP contribution is 2.35. The van der Waals surface area contributed by atoms with E-state index >= 15 is 0 Å². The summed E-state index contributed by atoms with van der Waals surface area (Å²) in [7, 11) is 0. The molecule has 0 atom stereocenters. The summed E-state index contributed by atoms with van der Waals surface area (Å²) < 4.78 is 6.65. The average Bonchev–Trinajstić information content (AvgIpc) is 2.90. The van der Waals surface area contributed by atoms with E-state index < -0.39 is 0 Å². The lowest BCUT2D eigenvalue weighted by Gasteiger charge is -2.12. The normalized spacial score (nSPS) is 15.7. The van der Waals surface area contributed by atoms with Crippen molar-refractivity contribution in [1.29, 1.82) is 0 Å². The Kier molecular flexibility index (Phi) is 6.39. The molecular formula is C21H20BrNO3S. The van der Waals surface area contributed by atoms with Crippen LogP contribution >= 0.6 is 27.7 Å². The number of imide groups is 1. The lowest BCUT2D eigenvalue weighted by atomic mass is 10.1. The van der Waals surface area contributed by atoms with E-state index in [0.29, 0.717) is 17.3 Å². The van der Waals surface area contributed by atoms with Crippen molar-refractivity contribution >= 4 is 44.9 Å². The Morgan fingerprint density at radius 1 is 1.15 bits per heavy atom. The molecule has 3 rings (SSSR count). The van der Waals surface area contributed by atoms with Crippen LogP contribution in [0.1, 0.15) is 30.0 Å². The number of rotatable bonds is 6. The Morgan fingerprint density at radius 3 is 2.59 bits per heavy atom. The zero-order valence-corrected chi connectivity index (χ0v) is 17.6. The fraction of sp³-hybridized carbons (Fsp3) is 0.238. The summed E-state index contributed by atoms with van der Waals surface area (Å²) in [5.74, 6) is 0.428. The van der Waals surface area contributed by atoms with Crippen LogP contribution in [-0.4, -0.2) is 22.7 Å². The standard InChI is InChI=1S/C21H20BrNO3S/c1-3-10-26-18-9-8-17(22)11-16(18)12-19-20(24)23(21(25)27-19)13-15-6-4-14(2)5-7-15/h4-9,11-12H,3,10,13H2,1-2H3/b19-12+. The predicted octanol–water partition coefficient (Wildman–Crippen LogP) is 5.78. The molecule has 0 bridgehead atoms. The molecule has 0 N–H and O–H groups in total. The largest absolute Gasteiger partial charge is 0.493 e. The van der Waals surface area contributed by atoms with Crippen LogP contribution in [0.4, 0.5) is 4.79 Å². The van der Waals surface area contributed by atoms with Crippen LogP contribution < -0.4 is 4.74 Å². The molecule has 1 aliphatic rings. The van der Waals surface area contributed by atoms with Crippen molar-refractivity contribution in [2.24, 2.45) is 0 Å². The first kappa shape index (κ1) is 19.7. The molecule has 4 nitrogen and oxygen atoms in total. The summed E-state index contributed by atoms with van der Waals surface area (Å²) in [6.07, 6.45) is 2.62. The van der Waals surface area contributed by atoms with Gasteiger partial charge in [0.15, 0.2) is 0 Å². The molecule has 6 heteroatoms. The quantitative estimate of drug-likeness (QED) is 0.528. The second-order valence-corrected chi connectivity index (χ2v) is 8.19. The van der Waals surface area contributed by atoms with E-state index in [2.05, 4.69) is 15.9 Å². The first-order chi connectivity index (χ1) is 13.0. The number of aryl methyl sites for hydroxylation is 1. The van der Waals surface area contributed by atoms with Gasteiger partial charge >= 0.3 is 0 Å². The van der Waals surface area contributed by atoms with E-state index in [1.807, 2.05) is 56.3 Å². The van der Waals surface area contributed by atoms with E-state index in [4.69, 9.17) is 4.74 Å². The number of hydrogen-bond donors (Lipinski definition) is 0. The van der Waals surface area contributed by atoms with Crippen molar-refractivity contribution in [3.05, 3.63) is 68.5 Å². The minimum absolute atomic E-state index is 0.252. The van der Waals surface area contributed by atoms with Gasteiger partial charge in [-0.25, -0.2) is 0 Å². The van der Waals surface area contributed by atoms with Crippen LogP contribution in [0.3, 0.4) is 0 Å². The fourth-order valence-corrected chi connectivity index (χ4v) is 3.84. The summed E-state index contributed by atoms with van der Waals surface area (Å²) in [4.78, 5) is 26.8. The summed E-state index contributed by atoms with van der Waals surface area (Å²) >= 11 is 4.41. The highest BCUT2D eigenvalue weighted by atomic mass is 79.9. The van der Waals surface area contributed by atoms with Gasteiger partial charge < -0.3 is 4.74 Å². The van der Waals surface area contributed by atoms with E-state index in [1.165, 1.54) is 4.90 Å². The van der Waals surface area contributed by atoms with Gasteiger partial charge in [-0.3, -0.25) is 14.5 Å². The van der Waals surface area contributed by atoms with Crippen molar-refractivity contribution in [2.75, 3.05) is 6.61 Å². The molecule has 1 aliphatic heterocycles. The van der Waals surface area contributed by atoms with E-state index in [9.17, 15) is 9.59 Å². The molecule has 1 fully saturated rings. The number of halogens is 1. The highest BCUT2D eigenvalue weighted by molar-refractivity contribution is 9.10. The van der Waals surface area contributed by atoms with Crippen LogP contribution in [0.2, 0.25) is 0 Å². The van der Waals surface area contributed by atoms with Gasteiger partial charge in [0, 0.05) is 10.0 Å². The van der Waals surface area contributed by atoms with Gasteiger partial charge in [-0.05, 0) is 54.9 Å². The topological polar surface area (TPSA) is 46.6 Å². The average molecular weight is 446 g/mol. The van der Waals surface area contributed by atoms with E-state index in [0.717, 1.165) is 39.3 Å². The molecule has 0 aliphatic carbocycles. The van der Waals surface area contributed by atoms with Crippen LogP contribution in [0.15, 0.2) is 51.8 Å². The molecular weight excluding hydrogens is 426 g/mol. The second kappa shape index (κ2) is 8.76. The Balaban J connectivity index is 1.84. The second-order valence-electron chi connectivity index (χ2n) is 6.28. The molecule has 2 amide bonds. The molecule has 2 aromatic rings. The zero-order chi connectivity index (χ0) is 19.4. The molecule has 0 spiro atoms. The summed E-state index contributed by atoms with van der Waals surface area (Å²) in [6, 6.07) is 13.5. The number of nitrogens with zero attached hydrogens (tertiary/aromatic N) is 1. The maximum Gasteiger partial charge on any atom is 0.293 e. The Hall–Kier alpha value is -2.05. The smallest absolute Gasteiger partial charge is 0.293 e. The Morgan fingerprint density at radius 2 is 1.89 bits per heavy atom. The third-order valence-corrected chi connectivity index (χ3v) is 5.46. The SMILES string of the molecule is CCCOc1ccc(Br)cc1/C=C1/SC(=O)N(Cc2ccc(C)cc2)C1=O. The third-order valence-electron chi connectivity index (χ3n) is 4.06. The maximum absolute atomic E-state index is 12.8. The van der Waals surface area contributed by atoms with Gasteiger partial charge in [-0.2, -0.15) is 0 Å². The summed E-state index contributed by atoms with van der Waals surface area (Å²) in [5.41, 5.74) is 2.85. The lowest BCUT2D eigenvalue weighted by molar-refractivity contribution is -0.123. The van der Waals surface area contributed by atoms with Crippen molar-refractivity contribution in [2.45, 2.75) is 26.8 Å². The van der Waals surface area contributed by atoms with Crippen LogP contribution in [-0.2, 0) is 11.3 Å². The molecule has 0 unspecified atom stereocenters. The monoisotopic (exact) mass is 445 g/mol. The van der Waals surface area contributed by atoms with Crippen LogP contribution in [0, 0.1) is 6.92 Å². The minimum Gasteiger partial charge on any atom is -0.493 e. The van der Waals surface area contributed by atoms with Gasteiger partial charge in [0.2, 0.25) is 0 Å². The first-order valence-corrected chi connectivity index (χ1v) is 10.3. The van der Waals surface area contributed by atoms with Crippen molar-refractivity contribution in [3.63, 3.8) is 0 Å². The van der Waals surface area contributed by atoms with Crippen molar-refractivity contribution < 1.29 is 14.3 Å². The molecule has 0 radical (unpaired) electrons. The predicted molar refractivity (Wildman–Crippen MR) is 113 cm³/mol. The summed E-state index contributed by atoms with van der Waals surface area (Å²) in [5, 5.41) is -0.252. The highest BCUT2D eigenvalue weighted by Gasteiger charge is 2.35. The number of ether oxygens (including phenoxy) is 1. The van der Waals surface area contributed by atoms with Gasteiger partial charge in [-0.1, -0.05) is 52.7 Å². The number of carbonyl (C=O) groups is 2. The lowest BCUT2D eigenvalue weighted by Crippen LogP contribution is -2.27. The zero-order valence-electron chi connectivity index (χ0n) is 15.2. The fourth-order valence-electron chi connectivity index (χ4n) is 2.63. The number of hydrogen-bond acceptors (Lipinski definition) is 4. The van der Waals surface area contributed by atoms with Crippen molar-refractivity contribution in [1.82, 2.24) is 4.90 Å². The van der Waals surface area contributed by atoms with Gasteiger partial charge in [-0.15, -0.1) is 0 Å². The van der Waals surface area contributed by atoms with Gasteiger partial charge in [0.1, 0.15) is 5.75 Å². The van der Waals surface area contributed by atoms with E-state index in [-0.39, 0.29) is 17.7 Å². The molecule has 0 saturated carbocycles. The molecule has 1 saturated heterocycles. The maximum atomic E-state index is 12.8. The molecule has 2 aromatic carbocycles. The first-order valence-electron chi connectivity index (χ1n) is 8.71. The number of amides is 2.